The van der Waals surface area contributed by atoms with Crippen LogP contribution in [-0.2, 0) is 10.0 Å². The summed E-state index contributed by atoms with van der Waals surface area (Å²) in [4.78, 5) is 14.1. The number of hydrogen-bond donors (Lipinski definition) is 1. The third-order valence-electron chi connectivity index (χ3n) is 4.47. The van der Waals surface area contributed by atoms with Crippen molar-refractivity contribution in [2.75, 3.05) is 37.7 Å². The van der Waals surface area contributed by atoms with Gasteiger partial charge in [0, 0.05) is 38.0 Å². The number of carbonyl (C=O) groups excluding carboxylic acids is 1. The molecular formula is C16H22FN3O3S2. The van der Waals surface area contributed by atoms with Crippen LogP contribution in [0.15, 0.2) is 29.2 Å². The molecule has 6 nitrogen and oxygen atoms in total. The van der Waals surface area contributed by atoms with E-state index < -0.39 is 15.8 Å². The van der Waals surface area contributed by atoms with Gasteiger partial charge in [-0.1, -0.05) is 0 Å². The molecule has 2 aliphatic rings. The summed E-state index contributed by atoms with van der Waals surface area (Å²) in [6.07, 6.45) is 2.11. The monoisotopic (exact) mass is 387 g/mol. The normalized spacial score (nSPS) is 22.6. The van der Waals surface area contributed by atoms with Crippen molar-refractivity contribution in [2.24, 2.45) is 0 Å². The highest BCUT2D eigenvalue weighted by molar-refractivity contribution is 7.99. The minimum atomic E-state index is -3.65. The Morgan fingerprint density at radius 2 is 1.84 bits per heavy atom. The molecule has 0 spiro atoms. The van der Waals surface area contributed by atoms with Crippen molar-refractivity contribution in [1.29, 1.82) is 0 Å². The van der Waals surface area contributed by atoms with Crippen molar-refractivity contribution in [3.8, 4) is 0 Å². The lowest BCUT2D eigenvalue weighted by Crippen LogP contribution is -2.55. The highest BCUT2D eigenvalue weighted by Crippen LogP contribution is 2.19. The Balaban J connectivity index is 1.55. The second-order valence-corrected chi connectivity index (χ2v) is 9.30. The Morgan fingerprint density at radius 3 is 2.44 bits per heavy atom. The SMILES string of the molecule is O=C(NC1CCCSC1)N1CCN(S(=O)(=O)c2ccc(F)cc2)CC1. The Hall–Kier alpha value is -1.32. The van der Waals surface area contributed by atoms with Crippen molar-refractivity contribution in [2.45, 2.75) is 23.8 Å². The average Bonchev–Trinajstić information content (AvgIpc) is 2.63. The predicted molar refractivity (Wildman–Crippen MR) is 95.6 cm³/mol. The lowest BCUT2D eigenvalue weighted by atomic mass is 10.2. The van der Waals surface area contributed by atoms with E-state index in [-0.39, 0.29) is 30.1 Å². The second-order valence-electron chi connectivity index (χ2n) is 6.21. The van der Waals surface area contributed by atoms with Crippen LogP contribution >= 0.6 is 11.8 Å². The zero-order valence-corrected chi connectivity index (χ0v) is 15.5. The van der Waals surface area contributed by atoms with Gasteiger partial charge in [0.2, 0.25) is 10.0 Å². The molecule has 138 valence electrons. The molecule has 1 aromatic rings. The quantitative estimate of drug-likeness (QED) is 0.858. The van der Waals surface area contributed by atoms with Crippen molar-refractivity contribution < 1.29 is 17.6 Å². The van der Waals surface area contributed by atoms with Gasteiger partial charge in [-0.05, 0) is 42.9 Å². The first-order valence-corrected chi connectivity index (χ1v) is 11.0. The van der Waals surface area contributed by atoms with E-state index in [2.05, 4.69) is 5.32 Å². The number of nitrogens with one attached hydrogen (secondary N) is 1. The van der Waals surface area contributed by atoms with Crippen molar-refractivity contribution in [3.05, 3.63) is 30.1 Å². The fourth-order valence-corrected chi connectivity index (χ4v) is 5.50. The number of carbonyl (C=O) groups is 1. The van der Waals surface area contributed by atoms with E-state index in [0.29, 0.717) is 13.1 Å². The molecular weight excluding hydrogens is 365 g/mol. The Kier molecular flexibility index (Phi) is 5.85. The molecule has 0 saturated carbocycles. The van der Waals surface area contributed by atoms with Gasteiger partial charge in [-0.3, -0.25) is 0 Å². The van der Waals surface area contributed by atoms with Gasteiger partial charge in [0.1, 0.15) is 5.82 Å². The van der Waals surface area contributed by atoms with E-state index in [4.69, 9.17) is 0 Å². The zero-order valence-electron chi connectivity index (χ0n) is 13.9. The van der Waals surface area contributed by atoms with E-state index in [1.807, 2.05) is 11.8 Å². The fraction of sp³-hybridized carbons (Fsp3) is 0.562. The number of thioether (sulfide) groups is 1. The molecule has 0 bridgehead atoms. The first kappa shape index (κ1) is 18.5. The van der Waals surface area contributed by atoms with Gasteiger partial charge in [-0.15, -0.1) is 0 Å². The molecule has 3 rings (SSSR count). The van der Waals surface area contributed by atoms with Crippen molar-refractivity contribution >= 4 is 27.8 Å². The van der Waals surface area contributed by atoms with E-state index in [1.54, 1.807) is 4.90 Å². The summed E-state index contributed by atoms with van der Waals surface area (Å²) in [5.41, 5.74) is 0. The van der Waals surface area contributed by atoms with E-state index >= 15 is 0 Å². The Morgan fingerprint density at radius 1 is 1.16 bits per heavy atom. The molecule has 9 heteroatoms. The van der Waals surface area contributed by atoms with Crippen LogP contribution < -0.4 is 5.32 Å². The highest BCUT2D eigenvalue weighted by atomic mass is 32.2. The molecule has 1 unspecified atom stereocenters. The molecule has 1 N–H and O–H groups in total. The topological polar surface area (TPSA) is 69.7 Å². The lowest BCUT2D eigenvalue weighted by Gasteiger charge is -2.35. The Bertz CT molecular complexity index is 698. The van der Waals surface area contributed by atoms with Gasteiger partial charge < -0.3 is 10.2 Å². The van der Waals surface area contributed by atoms with Crippen LogP contribution in [-0.4, -0.2) is 67.4 Å². The largest absolute Gasteiger partial charge is 0.334 e. The summed E-state index contributed by atoms with van der Waals surface area (Å²) in [5.74, 6) is 1.61. The molecule has 1 atom stereocenters. The lowest BCUT2D eigenvalue weighted by molar-refractivity contribution is 0.169. The number of halogens is 1. The molecule has 2 fully saturated rings. The summed E-state index contributed by atoms with van der Waals surface area (Å²) in [6, 6.07) is 4.89. The van der Waals surface area contributed by atoms with Gasteiger partial charge in [0.25, 0.3) is 0 Å². The minimum Gasteiger partial charge on any atom is -0.334 e. The molecule has 0 aromatic heterocycles. The maximum Gasteiger partial charge on any atom is 0.317 e. The summed E-state index contributed by atoms with van der Waals surface area (Å²) in [5, 5.41) is 3.04. The van der Waals surface area contributed by atoms with Crippen LogP contribution in [0, 0.1) is 5.82 Å². The molecule has 2 saturated heterocycles. The van der Waals surface area contributed by atoms with Gasteiger partial charge in [-0.2, -0.15) is 16.1 Å². The number of piperazine rings is 1. The standard InChI is InChI=1S/C16H22FN3O3S2/c17-13-3-5-15(6-4-13)25(22,23)20-9-7-19(8-10-20)16(21)18-14-2-1-11-24-12-14/h3-6,14H,1-2,7-12H2,(H,18,21). The number of rotatable bonds is 3. The first-order chi connectivity index (χ1) is 12.0. The molecule has 0 radical (unpaired) electrons. The maximum atomic E-state index is 13.0. The number of hydrogen-bond acceptors (Lipinski definition) is 4. The summed E-state index contributed by atoms with van der Waals surface area (Å²) >= 11 is 1.85. The molecule has 0 aliphatic carbocycles. The van der Waals surface area contributed by atoms with E-state index in [0.717, 1.165) is 36.5 Å². The molecule has 25 heavy (non-hydrogen) atoms. The maximum absolute atomic E-state index is 13.0. The summed E-state index contributed by atoms with van der Waals surface area (Å²) in [7, 11) is -3.65. The number of benzene rings is 1. The third kappa shape index (κ3) is 4.45. The smallest absolute Gasteiger partial charge is 0.317 e. The first-order valence-electron chi connectivity index (χ1n) is 8.36. The van der Waals surface area contributed by atoms with Crippen LogP contribution in [0.4, 0.5) is 9.18 Å². The van der Waals surface area contributed by atoms with Gasteiger partial charge >= 0.3 is 6.03 Å². The third-order valence-corrected chi connectivity index (χ3v) is 7.59. The molecule has 2 aliphatic heterocycles. The van der Waals surface area contributed by atoms with Gasteiger partial charge in [0.05, 0.1) is 4.90 Å². The van der Waals surface area contributed by atoms with Crippen molar-refractivity contribution in [1.82, 2.24) is 14.5 Å². The van der Waals surface area contributed by atoms with Crippen LogP contribution in [0.3, 0.4) is 0 Å². The summed E-state index contributed by atoms with van der Waals surface area (Å²) < 4.78 is 39.5. The van der Waals surface area contributed by atoms with Crippen LogP contribution in [0.5, 0.6) is 0 Å². The average molecular weight is 388 g/mol. The van der Waals surface area contributed by atoms with Crippen LogP contribution in [0.1, 0.15) is 12.8 Å². The summed E-state index contributed by atoms with van der Waals surface area (Å²) in [6.45, 7) is 1.19. The molecule has 2 heterocycles. The molecule has 1 aromatic carbocycles. The number of sulfonamides is 1. The highest BCUT2D eigenvalue weighted by Gasteiger charge is 2.30. The van der Waals surface area contributed by atoms with Gasteiger partial charge in [0.15, 0.2) is 0 Å². The second kappa shape index (κ2) is 7.92. The van der Waals surface area contributed by atoms with E-state index in [9.17, 15) is 17.6 Å². The number of amides is 2. The van der Waals surface area contributed by atoms with Crippen LogP contribution in [0.25, 0.3) is 0 Å². The van der Waals surface area contributed by atoms with E-state index in [1.165, 1.54) is 16.4 Å². The number of nitrogens with zero attached hydrogens (tertiary/aromatic N) is 2. The molecule has 2 amide bonds. The predicted octanol–water partition coefficient (Wildman–Crippen LogP) is 1.74. The van der Waals surface area contributed by atoms with Crippen LogP contribution in [0.2, 0.25) is 0 Å². The van der Waals surface area contributed by atoms with Crippen molar-refractivity contribution in [3.63, 3.8) is 0 Å². The number of urea groups is 1. The van der Waals surface area contributed by atoms with Gasteiger partial charge in [-0.25, -0.2) is 17.6 Å². The zero-order chi connectivity index (χ0) is 17.9. The fourth-order valence-electron chi connectivity index (χ4n) is 3.01. The Labute approximate surface area is 151 Å². The minimum absolute atomic E-state index is 0.0750.